The van der Waals surface area contributed by atoms with Crippen molar-refractivity contribution in [1.29, 1.82) is 0 Å². The molecule has 0 unspecified atom stereocenters. The summed E-state index contributed by atoms with van der Waals surface area (Å²) in [6.07, 6.45) is 0. The van der Waals surface area contributed by atoms with Crippen molar-refractivity contribution in [3.63, 3.8) is 0 Å². The SMILES string of the molecule is Cc1c([NH][Tl]([O][N+](=O)[O-])[O][N+](=O)[O-])c(=O)n(C)c(=O)n1-c1ccccc1. The van der Waals surface area contributed by atoms with Crippen LogP contribution < -0.4 is 14.4 Å². The maximum atomic E-state index is 12.4. The topological polar surface area (TPSA) is 161 Å². The summed E-state index contributed by atoms with van der Waals surface area (Å²) in [5.74, 6) is 0. The molecule has 1 aromatic carbocycles. The van der Waals surface area contributed by atoms with Crippen LogP contribution in [0.25, 0.3) is 5.69 Å². The van der Waals surface area contributed by atoms with Crippen molar-refractivity contribution >= 4 is 29.6 Å². The van der Waals surface area contributed by atoms with Crippen LogP contribution in [0.15, 0.2) is 39.9 Å². The number of anilines is 1. The van der Waals surface area contributed by atoms with Crippen molar-refractivity contribution in [2.24, 2.45) is 7.05 Å². The van der Waals surface area contributed by atoms with E-state index in [4.69, 9.17) is 0 Å². The van der Waals surface area contributed by atoms with Gasteiger partial charge in [-0.3, -0.25) is 0 Å². The zero-order valence-corrected chi connectivity index (χ0v) is 18.0. The van der Waals surface area contributed by atoms with Crippen molar-refractivity contribution in [2.75, 3.05) is 3.13 Å². The number of rotatable bonds is 7. The van der Waals surface area contributed by atoms with Crippen molar-refractivity contribution in [3.8, 4) is 5.69 Å². The van der Waals surface area contributed by atoms with E-state index in [1.807, 2.05) is 0 Å². The Morgan fingerprint density at radius 3 is 2.12 bits per heavy atom. The van der Waals surface area contributed by atoms with E-state index in [-0.39, 0.29) is 11.4 Å². The summed E-state index contributed by atoms with van der Waals surface area (Å²) in [5.41, 5.74) is -1.17. The standard InChI is InChI=1S/C12H12N3O2.2NO3.Tl/c1-8-10(13)11(16)14(2)12(17)15(8)9-6-4-3-5-7-9;2*2-1(3)4;/h3-7,13H,1-2H3;;;/q3*-1;+3. The van der Waals surface area contributed by atoms with E-state index in [9.17, 15) is 29.8 Å². The van der Waals surface area contributed by atoms with Gasteiger partial charge in [-0.25, -0.2) is 0 Å². The van der Waals surface area contributed by atoms with E-state index in [1.54, 1.807) is 30.3 Å². The molecule has 0 bridgehead atoms. The molecule has 0 amide bonds. The summed E-state index contributed by atoms with van der Waals surface area (Å²) < 4.78 is 12.8. The molecule has 0 spiro atoms. The van der Waals surface area contributed by atoms with Gasteiger partial charge in [-0.05, 0) is 0 Å². The van der Waals surface area contributed by atoms with E-state index in [0.29, 0.717) is 5.69 Å². The van der Waals surface area contributed by atoms with Crippen LogP contribution in [0.4, 0.5) is 5.69 Å². The molecule has 0 saturated heterocycles. The number of hydrogen-bond acceptors (Lipinski definition) is 9. The summed E-state index contributed by atoms with van der Waals surface area (Å²) in [6.45, 7) is 1.42. The second-order valence-corrected chi connectivity index (χ2v) is 10.3. The van der Waals surface area contributed by atoms with E-state index in [0.717, 1.165) is 4.57 Å². The Kier molecular flexibility index (Phi) is 5.90. The van der Waals surface area contributed by atoms with Gasteiger partial charge in [-0.15, -0.1) is 0 Å². The first kappa shape index (κ1) is 19.3. The average Bonchev–Trinajstić information content (AvgIpc) is 2.57. The Hall–Kier alpha value is -2.98. The molecule has 0 aliphatic rings. The van der Waals surface area contributed by atoms with Crippen molar-refractivity contribution in [3.05, 3.63) is 77.1 Å². The quantitative estimate of drug-likeness (QED) is 0.272. The van der Waals surface area contributed by atoms with Gasteiger partial charge in [-0.1, -0.05) is 0 Å². The third-order valence-corrected chi connectivity index (χ3v) is 8.20. The molecule has 136 valence electrons. The molecule has 2 rings (SSSR count). The van der Waals surface area contributed by atoms with Crippen LogP contribution in [-0.4, -0.2) is 43.2 Å². The first-order chi connectivity index (χ1) is 12.2. The summed E-state index contributed by atoms with van der Waals surface area (Å²) in [4.78, 5) is 45.9. The van der Waals surface area contributed by atoms with Crippen molar-refractivity contribution in [1.82, 2.24) is 9.13 Å². The predicted molar refractivity (Wildman–Crippen MR) is 87.6 cm³/mol. The Balaban J connectivity index is 2.60. The van der Waals surface area contributed by atoms with Crippen LogP contribution in [0.3, 0.4) is 0 Å². The van der Waals surface area contributed by atoms with Gasteiger partial charge in [-0.2, -0.15) is 0 Å². The Morgan fingerprint density at radius 2 is 1.62 bits per heavy atom. The van der Waals surface area contributed by atoms with Gasteiger partial charge >= 0.3 is 154 Å². The van der Waals surface area contributed by atoms with E-state index in [2.05, 4.69) is 8.70 Å². The summed E-state index contributed by atoms with van der Waals surface area (Å²) in [5, 5.41) is 18.6. The summed E-state index contributed by atoms with van der Waals surface area (Å²) >= 11 is -4.70. The molecule has 1 N–H and O–H groups in total. The first-order valence-electron chi connectivity index (χ1n) is 6.99. The average molecular weight is 559 g/mol. The van der Waals surface area contributed by atoms with Crippen LogP contribution in [0.2, 0.25) is 0 Å². The number of aromatic nitrogens is 2. The fourth-order valence-electron chi connectivity index (χ4n) is 2.21. The molecular formula is C12H12N5O8Tl. The molecule has 0 fully saturated rings. The molecule has 0 saturated carbocycles. The molecule has 0 aliphatic heterocycles. The van der Waals surface area contributed by atoms with Gasteiger partial charge in [0.05, 0.1) is 0 Å². The molecular weight excluding hydrogens is 547 g/mol. The predicted octanol–water partition coefficient (Wildman–Crippen LogP) is -0.342. The molecule has 26 heavy (non-hydrogen) atoms. The van der Waals surface area contributed by atoms with E-state index < -0.39 is 45.3 Å². The minimum atomic E-state index is -4.70. The van der Waals surface area contributed by atoms with Crippen LogP contribution in [0.5, 0.6) is 0 Å². The Labute approximate surface area is 154 Å². The third kappa shape index (κ3) is 4.16. The Morgan fingerprint density at radius 1 is 1.08 bits per heavy atom. The summed E-state index contributed by atoms with van der Waals surface area (Å²) in [6, 6.07) is 8.31. The van der Waals surface area contributed by atoms with Gasteiger partial charge in [0.2, 0.25) is 0 Å². The first-order valence-corrected chi connectivity index (χ1v) is 12.9. The molecule has 2 aromatic rings. The monoisotopic (exact) mass is 559 g/mol. The van der Waals surface area contributed by atoms with Crippen molar-refractivity contribution < 1.29 is 15.7 Å². The fraction of sp³-hybridized carbons (Fsp3) is 0.167. The second kappa shape index (κ2) is 7.93. The molecule has 1 heterocycles. The summed E-state index contributed by atoms with van der Waals surface area (Å²) in [7, 11) is 1.21. The van der Waals surface area contributed by atoms with Crippen LogP contribution >= 0.6 is 0 Å². The fourth-order valence-corrected chi connectivity index (χ4v) is 6.19. The number of nitrogens with zero attached hydrogens (tertiary/aromatic N) is 4. The van der Waals surface area contributed by atoms with Crippen molar-refractivity contribution in [2.45, 2.75) is 6.92 Å². The van der Waals surface area contributed by atoms with Gasteiger partial charge in [0.25, 0.3) is 0 Å². The van der Waals surface area contributed by atoms with E-state index >= 15 is 0 Å². The van der Waals surface area contributed by atoms with Gasteiger partial charge in [0.1, 0.15) is 0 Å². The molecule has 1 aromatic heterocycles. The molecule has 13 nitrogen and oxygen atoms in total. The number of hydrogen-bond donors (Lipinski definition) is 1. The number of para-hydroxylation sites is 1. The molecule has 0 radical (unpaired) electrons. The van der Waals surface area contributed by atoms with Crippen LogP contribution in [0, 0.1) is 27.2 Å². The normalized spacial score (nSPS) is 10.1. The Bertz CT molecular complexity index is 941. The van der Waals surface area contributed by atoms with Crippen LogP contribution in [-0.2, 0) is 12.6 Å². The molecule has 14 heteroatoms. The van der Waals surface area contributed by atoms with Gasteiger partial charge in [0.15, 0.2) is 0 Å². The minimum absolute atomic E-state index is 0.105. The zero-order valence-electron chi connectivity index (χ0n) is 13.5. The molecule has 0 atom stereocenters. The van der Waals surface area contributed by atoms with E-state index in [1.165, 1.54) is 18.5 Å². The number of benzene rings is 1. The van der Waals surface area contributed by atoms with Gasteiger partial charge in [0, 0.05) is 0 Å². The third-order valence-electron chi connectivity index (χ3n) is 3.33. The second-order valence-electron chi connectivity index (χ2n) is 4.91. The zero-order chi connectivity index (χ0) is 19.4. The van der Waals surface area contributed by atoms with Crippen LogP contribution in [0.1, 0.15) is 5.69 Å². The molecule has 0 aliphatic carbocycles. The number of nitrogens with one attached hydrogen (secondary N) is 1. The maximum absolute atomic E-state index is 12.4. The van der Waals surface area contributed by atoms with Gasteiger partial charge < -0.3 is 0 Å².